The molecule has 2 aromatic carbocycles. The highest BCUT2D eigenvalue weighted by Gasteiger charge is 2.20. The van der Waals surface area contributed by atoms with Crippen molar-refractivity contribution in [3.8, 4) is 0 Å². The number of amides is 1. The van der Waals surface area contributed by atoms with Crippen LogP contribution in [0.5, 0.6) is 0 Å². The standard InChI is InChI=1S/C21H28N2O3S/c1-17-9-7-13-20(18(17)2)23(27(3,25)26)16-14-21(24)22-15-8-12-19-10-5-4-6-11-19/h4-7,9-11,13H,8,12,14-16H2,1-3H3,(H,22,24). The average molecular weight is 389 g/mol. The highest BCUT2D eigenvalue weighted by molar-refractivity contribution is 7.92. The number of hydrogen-bond donors (Lipinski definition) is 1. The summed E-state index contributed by atoms with van der Waals surface area (Å²) in [5.41, 5.74) is 3.80. The molecule has 0 fully saturated rings. The van der Waals surface area contributed by atoms with E-state index in [1.54, 1.807) is 6.07 Å². The summed E-state index contributed by atoms with van der Waals surface area (Å²) in [5, 5.41) is 2.88. The van der Waals surface area contributed by atoms with Crippen LogP contribution in [0.15, 0.2) is 48.5 Å². The Hall–Kier alpha value is -2.34. The Morgan fingerprint density at radius 1 is 1.04 bits per heavy atom. The van der Waals surface area contributed by atoms with Crippen LogP contribution in [0.1, 0.15) is 29.5 Å². The molecule has 2 aromatic rings. The molecular formula is C21H28N2O3S. The van der Waals surface area contributed by atoms with E-state index in [0.29, 0.717) is 12.2 Å². The Morgan fingerprint density at radius 3 is 2.41 bits per heavy atom. The second-order valence-electron chi connectivity index (χ2n) is 6.74. The molecule has 0 aliphatic heterocycles. The number of rotatable bonds is 9. The fraction of sp³-hybridized carbons (Fsp3) is 0.381. The van der Waals surface area contributed by atoms with E-state index in [4.69, 9.17) is 0 Å². The topological polar surface area (TPSA) is 66.5 Å². The Balaban J connectivity index is 1.87. The first-order valence-corrected chi connectivity index (χ1v) is 11.0. The van der Waals surface area contributed by atoms with Gasteiger partial charge in [-0.1, -0.05) is 42.5 Å². The molecule has 0 aliphatic rings. The summed E-state index contributed by atoms with van der Waals surface area (Å²) >= 11 is 0. The van der Waals surface area contributed by atoms with Crippen LogP contribution in [0.4, 0.5) is 5.69 Å². The SMILES string of the molecule is Cc1cccc(N(CCC(=O)NCCCc2ccccc2)S(C)(=O)=O)c1C. The first-order chi connectivity index (χ1) is 12.8. The molecule has 6 heteroatoms. The number of hydrogen-bond acceptors (Lipinski definition) is 3. The number of sulfonamides is 1. The van der Waals surface area contributed by atoms with Gasteiger partial charge in [0.1, 0.15) is 0 Å². The molecule has 0 atom stereocenters. The third kappa shape index (κ3) is 6.40. The number of aryl methyl sites for hydroxylation is 2. The lowest BCUT2D eigenvalue weighted by Crippen LogP contribution is -2.35. The molecule has 0 heterocycles. The van der Waals surface area contributed by atoms with Crippen LogP contribution in [0.3, 0.4) is 0 Å². The molecule has 0 radical (unpaired) electrons. The van der Waals surface area contributed by atoms with E-state index in [9.17, 15) is 13.2 Å². The van der Waals surface area contributed by atoms with Gasteiger partial charge in [-0.25, -0.2) is 8.42 Å². The molecule has 0 aliphatic carbocycles. The summed E-state index contributed by atoms with van der Waals surface area (Å²) in [5.74, 6) is -0.137. The van der Waals surface area contributed by atoms with Gasteiger partial charge in [-0.15, -0.1) is 0 Å². The maximum absolute atomic E-state index is 12.2. The van der Waals surface area contributed by atoms with E-state index < -0.39 is 10.0 Å². The maximum atomic E-state index is 12.2. The van der Waals surface area contributed by atoms with Crippen molar-refractivity contribution in [2.45, 2.75) is 33.1 Å². The van der Waals surface area contributed by atoms with E-state index in [0.717, 1.165) is 24.0 Å². The van der Waals surface area contributed by atoms with Gasteiger partial charge in [-0.2, -0.15) is 0 Å². The molecular weight excluding hydrogens is 360 g/mol. The van der Waals surface area contributed by atoms with Gasteiger partial charge in [0.25, 0.3) is 0 Å². The summed E-state index contributed by atoms with van der Waals surface area (Å²) in [4.78, 5) is 12.1. The lowest BCUT2D eigenvalue weighted by Gasteiger charge is -2.24. The number of carbonyl (C=O) groups is 1. The summed E-state index contributed by atoms with van der Waals surface area (Å²) in [6, 6.07) is 15.7. The van der Waals surface area contributed by atoms with Gasteiger partial charge < -0.3 is 5.32 Å². The van der Waals surface area contributed by atoms with Crippen LogP contribution in [-0.4, -0.2) is 33.7 Å². The van der Waals surface area contributed by atoms with Gasteiger partial charge in [-0.3, -0.25) is 9.10 Å². The van der Waals surface area contributed by atoms with Gasteiger partial charge in [0.05, 0.1) is 11.9 Å². The van der Waals surface area contributed by atoms with Gasteiger partial charge in [0.2, 0.25) is 15.9 Å². The summed E-state index contributed by atoms with van der Waals surface area (Å²) in [7, 11) is -3.46. The van der Waals surface area contributed by atoms with Crippen LogP contribution in [0.2, 0.25) is 0 Å². The third-order valence-electron chi connectivity index (χ3n) is 4.59. The Morgan fingerprint density at radius 2 is 1.74 bits per heavy atom. The van der Waals surface area contributed by atoms with Crippen molar-refractivity contribution in [2.75, 3.05) is 23.7 Å². The van der Waals surface area contributed by atoms with E-state index in [1.807, 2.05) is 44.2 Å². The highest BCUT2D eigenvalue weighted by atomic mass is 32.2. The van der Waals surface area contributed by atoms with Gasteiger partial charge in [0.15, 0.2) is 0 Å². The molecule has 2 rings (SSSR count). The molecule has 0 aromatic heterocycles. The van der Waals surface area contributed by atoms with Crippen LogP contribution in [0, 0.1) is 13.8 Å². The van der Waals surface area contributed by atoms with E-state index in [-0.39, 0.29) is 18.9 Å². The molecule has 0 saturated carbocycles. The molecule has 5 nitrogen and oxygen atoms in total. The number of benzene rings is 2. The molecule has 0 bridgehead atoms. The van der Waals surface area contributed by atoms with Crippen molar-refractivity contribution in [1.82, 2.24) is 5.32 Å². The van der Waals surface area contributed by atoms with Crippen molar-refractivity contribution in [1.29, 1.82) is 0 Å². The van der Waals surface area contributed by atoms with E-state index in [2.05, 4.69) is 17.4 Å². The minimum Gasteiger partial charge on any atom is -0.356 e. The maximum Gasteiger partial charge on any atom is 0.232 e. The van der Waals surface area contributed by atoms with Crippen LogP contribution in [-0.2, 0) is 21.2 Å². The molecule has 1 N–H and O–H groups in total. The summed E-state index contributed by atoms with van der Waals surface area (Å²) in [6.45, 7) is 4.55. The first kappa shape index (κ1) is 21.0. The Kier molecular flexibility index (Phi) is 7.42. The predicted molar refractivity (Wildman–Crippen MR) is 110 cm³/mol. The Labute approximate surface area is 162 Å². The smallest absolute Gasteiger partial charge is 0.232 e. The fourth-order valence-electron chi connectivity index (χ4n) is 2.93. The normalized spacial score (nSPS) is 11.2. The number of nitrogens with one attached hydrogen (secondary N) is 1. The summed E-state index contributed by atoms with van der Waals surface area (Å²) in [6.07, 6.45) is 3.06. The zero-order valence-corrected chi connectivity index (χ0v) is 17.1. The average Bonchev–Trinajstić information content (AvgIpc) is 2.62. The molecule has 0 spiro atoms. The quantitative estimate of drug-likeness (QED) is 0.671. The minimum absolute atomic E-state index is 0.131. The lowest BCUT2D eigenvalue weighted by atomic mass is 10.1. The minimum atomic E-state index is -3.46. The number of nitrogens with zero attached hydrogens (tertiary/aromatic N) is 1. The van der Waals surface area contributed by atoms with E-state index >= 15 is 0 Å². The van der Waals surface area contributed by atoms with Gasteiger partial charge in [0, 0.05) is 19.5 Å². The van der Waals surface area contributed by atoms with Crippen molar-refractivity contribution in [3.05, 3.63) is 65.2 Å². The largest absolute Gasteiger partial charge is 0.356 e. The second-order valence-corrected chi connectivity index (χ2v) is 8.65. The Bertz CT molecular complexity index is 864. The lowest BCUT2D eigenvalue weighted by molar-refractivity contribution is -0.120. The zero-order valence-electron chi connectivity index (χ0n) is 16.2. The predicted octanol–water partition coefficient (Wildman–Crippen LogP) is 3.21. The second kappa shape index (κ2) is 9.55. The molecule has 0 saturated heterocycles. The molecule has 27 heavy (non-hydrogen) atoms. The fourth-order valence-corrected chi connectivity index (χ4v) is 3.91. The van der Waals surface area contributed by atoms with Crippen molar-refractivity contribution >= 4 is 21.6 Å². The zero-order chi connectivity index (χ0) is 19.9. The van der Waals surface area contributed by atoms with Crippen molar-refractivity contribution in [3.63, 3.8) is 0 Å². The van der Waals surface area contributed by atoms with E-state index in [1.165, 1.54) is 16.1 Å². The molecule has 146 valence electrons. The van der Waals surface area contributed by atoms with Crippen LogP contribution >= 0.6 is 0 Å². The summed E-state index contributed by atoms with van der Waals surface area (Å²) < 4.78 is 25.8. The molecule has 1 amide bonds. The van der Waals surface area contributed by atoms with Gasteiger partial charge >= 0.3 is 0 Å². The third-order valence-corrected chi connectivity index (χ3v) is 5.77. The van der Waals surface area contributed by atoms with Gasteiger partial charge in [-0.05, 0) is 49.4 Å². The van der Waals surface area contributed by atoms with Crippen LogP contribution in [0.25, 0.3) is 0 Å². The molecule has 0 unspecified atom stereocenters. The van der Waals surface area contributed by atoms with Crippen molar-refractivity contribution < 1.29 is 13.2 Å². The van der Waals surface area contributed by atoms with Crippen molar-refractivity contribution in [2.24, 2.45) is 0 Å². The first-order valence-electron chi connectivity index (χ1n) is 9.13. The number of anilines is 1. The van der Waals surface area contributed by atoms with Crippen LogP contribution < -0.4 is 9.62 Å². The highest BCUT2D eigenvalue weighted by Crippen LogP contribution is 2.25. The number of carbonyl (C=O) groups excluding carboxylic acids is 1. The monoisotopic (exact) mass is 388 g/mol.